The second kappa shape index (κ2) is 9.21. The van der Waals surface area contributed by atoms with Crippen molar-refractivity contribution < 1.29 is 27.5 Å². The Hall–Kier alpha value is -3.03. The summed E-state index contributed by atoms with van der Waals surface area (Å²) in [6.07, 6.45) is -1.76. The summed E-state index contributed by atoms with van der Waals surface area (Å²) in [4.78, 5) is 28.6. The number of halogens is 3. The fraction of sp³-hybridized carbons (Fsp3) is 0.481. The predicted octanol–water partition coefficient (Wildman–Crippen LogP) is 6.27. The van der Waals surface area contributed by atoms with E-state index in [1.165, 1.54) is 6.07 Å². The van der Waals surface area contributed by atoms with Crippen LogP contribution in [0, 0.1) is 25.2 Å². The van der Waals surface area contributed by atoms with E-state index in [1.54, 1.807) is 11.8 Å². The third kappa shape index (κ3) is 4.62. The number of anilines is 2. The summed E-state index contributed by atoms with van der Waals surface area (Å²) in [6, 6.07) is 9.05. The molecule has 2 aromatic rings. The van der Waals surface area contributed by atoms with Gasteiger partial charge in [0.1, 0.15) is 5.75 Å². The van der Waals surface area contributed by atoms with Gasteiger partial charge in [0.25, 0.3) is 0 Å². The summed E-state index contributed by atoms with van der Waals surface area (Å²) in [5.74, 6) is -1.19. The van der Waals surface area contributed by atoms with Crippen molar-refractivity contribution in [1.82, 2.24) is 0 Å². The highest BCUT2D eigenvalue weighted by atomic mass is 19.4. The number of nitrogens with one attached hydrogen (secondary N) is 1. The van der Waals surface area contributed by atoms with Gasteiger partial charge in [-0.15, -0.1) is 0 Å². The summed E-state index contributed by atoms with van der Waals surface area (Å²) in [7, 11) is 0. The van der Waals surface area contributed by atoms with Crippen molar-refractivity contribution in [2.24, 2.45) is 11.3 Å². The molecule has 2 aliphatic rings. The van der Waals surface area contributed by atoms with E-state index in [9.17, 15) is 22.8 Å². The van der Waals surface area contributed by atoms with E-state index in [-0.39, 0.29) is 30.0 Å². The zero-order valence-corrected chi connectivity index (χ0v) is 20.5. The molecule has 0 radical (unpaired) electrons. The molecular formula is C27H31F3N2O3. The van der Waals surface area contributed by atoms with Gasteiger partial charge in [-0.3, -0.25) is 9.59 Å². The first-order valence-electron chi connectivity index (χ1n) is 12.0. The number of hydrogen-bond donors (Lipinski definition) is 1. The van der Waals surface area contributed by atoms with Crippen molar-refractivity contribution in [3.8, 4) is 5.75 Å². The molecule has 1 saturated carbocycles. The number of carbonyl (C=O) groups is 2. The molecule has 0 bridgehead atoms. The van der Waals surface area contributed by atoms with Crippen LogP contribution < -0.4 is 15.0 Å². The first kappa shape index (κ1) is 25.1. The average Bonchev–Trinajstić information content (AvgIpc) is 3.01. The number of alkyl halides is 3. The molecule has 0 aromatic heterocycles. The number of ether oxygens (including phenoxy) is 1. The Morgan fingerprint density at radius 2 is 1.83 bits per heavy atom. The van der Waals surface area contributed by atoms with Crippen LogP contribution in [0.1, 0.15) is 56.2 Å². The lowest BCUT2D eigenvalue weighted by Crippen LogP contribution is -2.42. The molecule has 2 amide bonds. The molecule has 4 rings (SSSR count). The van der Waals surface area contributed by atoms with Crippen LogP contribution in [0.4, 0.5) is 24.5 Å². The number of rotatable bonds is 6. The van der Waals surface area contributed by atoms with Gasteiger partial charge >= 0.3 is 6.18 Å². The Bertz CT molecular complexity index is 1120. The topological polar surface area (TPSA) is 58.6 Å². The van der Waals surface area contributed by atoms with Crippen molar-refractivity contribution in [2.45, 2.75) is 65.7 Å². The fourth-order valence-electron chi connectivity index (χ4n) is 5.07. The van der Waals surface area contributed by atoms with Crippen molar-refractivity contribution >= 4 is 23.2 Å². The summed E-state index contributed by atoms with van der Waals surface area (Å²) in [5, 5.41) is 2.69. The van der Waals surface area contributed by atoms with Gasteiger partial charge in [-0.2, -0.15) is 13.2 Å². The maximum absolute atomic E-state index is 13.6. The van der Waals surface area contributed by atoms with Gasteiger partial charge in [0.15, 0.2) is 0 Å². The first-order chi connectivity index (χ1) is 16.5. The summed E-state index contributed by atoms with van der Waals surface area (Å²) >= 11 is 0. The highest BCUT2D eigenvalue weighted by Gasteiger charge is 2.54. The van der Waals surface area contributed by atoms with Gasteiger partial charge in [0.05, 0.1) is 23.0 Å². The molecule has 1 aliphatic heterocycles. The Morgan fingerprint density at radius 3 is 2.37 bits per heavy atom. The van der Waals surface area contributed by atoms with Crippen LogP contribution in [-0.2, 0) is 15.8 Å². The van der Waals surface area contributed by atoms with E-state index < -0.39 is 29.0 Å². The number of benzene rings is 2. The van der Waals surface area contributed by atoms with Crippen molar-refractivity contribution in [2.75, 3.05) is 16.8 Å². The van der Waals surface area contributed by atoms with Crippen molar-refractivity contribution in [1.29, 1.82) is 0 Å². The molecule has 5 nitrogen and oxygen atoms in total. The molecule has 2 atom stereocenters. The van der Waals surface area contributed by atoms with Crippen LogP contribution in [0.5, 0.6) is 5.75 Å². The number of para-hydroxylation sites is 1. The highest BCUT2D eigenvalue weighted by molar-refractivity contribution is 6.07. The summed E-state index contributed by atoms with van der Waals surface area (Å²) < 4.78 is 46.4. The number of carbonyl (C=O) groups excluding carboxylic acids is 2. The molecule has 2 aromatic carbocycles. The van der Waals surface area contributed by atoms with Crippen molar-refractivity contribution in [3.63, 3.8) is 0 Å². The monoisotopic (exact) mass is 488 g/mol. The quantitative estimate of drug-likeness (QED) is 0.521. The SMILES string of the molecule is CC[C@@]1(C(=O)Nc2cc(OC3CCC3)cc(C(F)(F)F)c2)CN(c2c(C)cccc2C)C(=O)[C@H]1C. The number of amides is 2. The molecular weight excluding hydrogens is 457 g/mol. The van der Waals surface area contributed by atoms with Crippen LogP contribution >= 0.6 is 0 Å². The van der Waals surface area contributed by atoms with E-state index in [0.717, 1.165) is 48.2 Å². The standard InChI is InChI=1S/C27H31F3N2O3/c1-5-26(15-32(24(33)18(26)4)23-16(2)8-6-9-17(23)3)25(34)31-20-12-19(27(28,29)30)13-22(14-20)35-21-10-7-11-21/h6,8-9,12-14,18,21H,5,7,10-11,15H2,1-4H3,(H,31,34)/t18-,26-/m1/s1. The predicted molar refractivity (Wildman–Crippen MR) is 128 cm³/mol. The van der Waals surface area contributed by atoms with Gasteiger partial charge in [0, 0.05) is 24.0 Å². The molecule has 35 heavy (non-hydrogen) atoms. The van der Waals surface area contributed by atoms with Crippen LogP contribution in [-0.4, -0.2) is 24.5 Å². The second-order valence-corrected chi connectivity index (χ2v) is 9.76. The zero-order valence-electron chi connectivity index (χ0n) is 20.5. The molecule has 8 heteroatoms. The second-order valence-electron chi connectivity index (χ2n) is 9.76. The van der Waals surface area contributed by atoms with Gasteiger partial charge in [-0.1, -0.05) is 32.0 Å². The van der Waals surface area contributed by atoms with Crippen LogP contribution in [0.3, 0.4) is 0 Å². The Balaban J connectivity index is 1.65. The lowest BCUT2D eigenvalue weighted by Gasteiger charge is -2.30. The lowest BCUT2D eigenvalue weighted by atomic mass is 9.75. The summed E-state index contributed by atoms with van der Waals surface area (Å²) in [5.41, 5.74) is 0.666. The van der Waals surface area contributed by atoms with E-state index in [1.807, 2.05) is 39.0 Å². The Kier molecular flexibility index (Phi) is 6.60. The minimum atomic E-state index is -4.59. The molecule has 0 unspecified atom stereocenters. The third-order valence-corrected chi connectivity index (χ3v) is 7.54. The van der Waals surface area contributed by atoms with E-state index in [0.29, 0.717) is 6.42 Å². The molecule has 1 aliphatic carbocycles. The van der Waals surface area contributed by atoms with Crippen LogP contribution in [0.25, 0.3) is 0 Å². The molecule has 1 N–H and O–H groups in total. The van der Waals surface area contributed by atoms with E-state index in [2.05, 4.69) is 5.32 Å². The fourth-order valence-corrected chi connectivity index (χ4v) is 5.07. The van der Waals surface area contributed by atoms with Crippen LogP contribution in [0.15, 0.2) is 36.4 Å². The Morgan fingerprint density at radius 1 is 1.17 bits per heavy atom. The maximum Gasteiger partial charge on any atom is 0.416 e. The van der Waals surface area contributed by atoms with E-state index in [4.69, 9.17) is 4.74 Å². The number of nitrogens with zero attached hydrogens (tertiary/aromatic N) is 1. The van der Waals surface area contributed by atoms with Crippen LogP contribution in [0.2, 0.25) is 0 Å². The molecule has 2 fully saturated rings. The average molecular weight is 489 g/mol. The minimum absolute atomic E-state index is 0.0112. The Labute approximate surface area is 203 Å². The largest absolute Gasteiger partial charge is 0.490 e. The normalized spacial score (nSPS) is 22.8. The number of hydrogen-bond acceptors (Lipinski definition) is 3. The van der Waals surface area contributed by atoms with Gasteiger partial charge in [-0.25, -0.2) is 0 Å². The van der Waals surface area contributed by atoms with Gasteiger partial charge in [-0.05, 0) is 62.8 Å². The minimum Gasteiger partial charge on any atom is -0.490 e. The van der Waals surface area contributed by atoms with Gasteiger partial charge < -0.3 is 15.0 Å². The van der Waals surface area contributed by atoms with Crippen molar-refractivity contribution in [3.05, 3.63) is 53.1 Å². The smallest absolute Gasteiger partial charge is 0.416 e. The molecule has 1 heterocycles. The molecule has 0 spiro atoms. The molecule has 1 saturated heterocycles. The first-order valence-corrected chi connectivity index (χ1v) is 12.0. The maximum atomic E-state index is 13.6. The lowest BCUT2D eigenvalue weighted by molar-refractivity contribution is -0.137. The zero-order chi connectivity index (χ0) is 25.5. The number of aryl methyl sites for hydroxylation is 2. The molecule has 188 valence electrons. The van der Waals surface area contributed by atoms with E-state index >= 15 is 0 Å². The summed E-state index contributed by atoms with van der Waals surface area (Å²) in [6.45, 7) is 7.54. The van der Waals surface area contributed by atoms with Gasteiger partial charge in [0.2, 0.25) is 11.8 Å². The highest BCUT2D eigenvalue weighted by Crippen LogP contribution is 2.45. The third-order valence-electron chi connectivity index (χ3n) is 7.54.